The van der Waals surface area contributed by atoms with Gasteiger partial charge in [-0.15, -0.1) is 13.2 Å². The average molecular weight is 390 g/mol. The van der Waals surface area contributed by atoms with Gasteiger partial charge < -0.3 is 14.6 Å². The predicted octanol–water partition coefficient (Wildman–Crippen LogP) is 5.20. The van der Waals surface area contributed by atoms with Gasteiger partial charge in [0.25, 0.3) is 0 Å². The second kappa shape index (κ2) is 7.30. The van der Waals surface area contributed by atoms with Gasteiger partial charge in [0, 0.05) is 12.0 Å². The van der Waals surface area contributed by atoms with Crippen LogP contribution in [0.2, 0.25) is 0 Å². The molecular formula is C19H22F4O4. The standard InChI is InChI=1S/C19H22F4O4/c20-15-4-3-14(27-19(21,22)23)10-13(15)11-26-18-8-6-17(12-18,7-9-18)5-1-2-16(24)25/h3-4,10H,1-2,5-9,11-12H2,(H,24,25). The molecule has 8 heteroatoms. The molecule has 2 aliphatic rings. The maximum atomic E-state index is 14.0. The lowest BCUT2D eigenvalue weighted by atomic mass is 9.80. The summed E-state index contributed by atoms with van der Waals surface area (Å²) in [4.78, 5) is 10.7. The number of halogens is 4. The molecule has 0 heterocycles. The number of carbonyl (C=O) groups is 1. The lowest BCUT2D eigenvalue weighted by Gasteiger charge is -2.28. The number of rotatable bonds is 8. The third-order valence-electron chi connectivity index (χ3n) is 5.80. The number of aliphatic carboxylic acids is 1. The normalized spacial score (nSPS) is 27.1. The molecule has 27 heavy (non-hydrogen) atoms. The zero-order valence-electron chi connectivity index (χ0n) is 14.8. The van der Waals surface area contributed by atoms with Crippen LogP contribution in [0, 0.1) is 11.2 Å². The van der Waals surface area contributed by atoms with Crippen molar-refractivity contribution >= 4 is 5.97 Å². The summed E-state index contributed by atoms with van der Waals surface area (Å²) in [6.45, 7) is -0.119. The van der Waals surface area contributed by atoms with Gasteiger partial charge in [-0.1, -0.05) is 0 Å². The van der Waals surface area contributed by atoms with Crippen LogP contribution >= 0.6 is 0 Å². The summed E-state index contributed by atoms with van der Waals surface area (Å²) in [5.74, 6) is -1.91. The third kappa shape index (κ3) is 4.91. The molecule has 1 aromatic carbocycles. The van der Waals surface area contributed by atoms with Crippen LogP contribution in [-0.2, 0) is 16.1 Å². The van der Waals surface area contributed by atoms with Gasteiger partial charge in [0.1, 0.15) is 11.6 Å². The Morgan fingerprint density at radius 1 is 1.19 bits per heavy atom. The van der Waals surface area contributed by atoms with E-state index in [9.17, 15) is 22.4 Å². The molecule has 2 fully saturated rings. The van der Waals surface area contributed by atoms with E-state index in [1.165, 1.54) is 0 Å². The molecule has 2 saturated carbocycles. The summed E-state index contributed by atoms with van der Waals surface area (Å²) in [5, 5.41) is 8.79. The van der Waals surface area contributed by atoms with Crippen molar-refractivity contribution in [2.75, 3.05) is 0 Å². The zero-order valence-corrected chi connectivity index (χ0v) is 14.8. The van der Waals surface area contributed by atoms with Crippen molar-refractivity contribution in [3.63, 3.8) is 0 Å². The average Bonchev–Trinajstić information content (AvgIpc) is 3.10. The van der Waals surface area contributed by atoms with Crippen LogP contribution in [0.4, 0.5) is 17.6 Å². The van der Waals surface area contributed by atoms with Crippen LogP contribution in [-0.4, -0.2) is 23.0 Å². The number of alkyl halides is 3. The number of ether oxygens (including phenoxy) is 2. The summed E-state index contributed by atoms with van der Waals surface area (Å²) in [6, 6.07) is 2.89. The molecule has 0 radical (unpaired) electrons. The highest BCUT2D eigenvalue weighted by atomic mass is 19.4. The van der Waals surface area contributed by atoms with Crippen LogP contribution in [0.25, 0.3) is 0 Å². The van der Waals surface area contributed by atoms with E-state index in [0.29, 0.717) is 6.42 Å². The number of hydrogen-bond donors (Lipinski definition) is 1. The van der Waals surface area contributed by atoms with Crippen LogP contribution in [0.1, 0.15) is 56.9 Å². The predicted molar refractivity (Wildman–Crippen MR) is 87.6 cm³/mol. The summed E-state index contributed by atoms with van der Waals surface area (Å²) in [6.07, 6.45) is 1.04. The molecular weight excluding hydrogens is 368 g/mol. The number of fused-ring (bicyclic) bond motifs is 2. The molecule has 1 aromatic rings. The van der Waals surface area contributed by atoms with Crippen LogP contribution in [0.3, 0.4) is 0 Å². The van der Waals surface area contributed by atoms with E-state index in [4.69, 9.17) is 9.84 Å². The van der Waals surface area contributed by atoms with Crippen LogP contribution < -0.4 is 4.74 Å². The molecule has 1 N–H and O–H groups in total. The maximum Gasteiger partial charge on any atom is 0.573 e. The van der Waals surface area contributed by atoms with Gasteiger partial charge in [0.15, 0.2) is 0 Å². The zero-order chi connectivity index (χ0) is 19.7. The van der Waals surface area contributed by atoms with E-state index < -0.39 is 29.5 Å². The van der Waals surface area contributed by atoms with Gasteiger partial charge in [-0.25, -0.2) is 4.39 Å². The first-order chi connectivity index (χ1) is 12.6. The van der Waals surface area contributed by atoms with Gasteiger partial charge in [-0.2, -0.15) is 0 Å². The fraction of sp³-hybridized carbons (Fsp3) is 0.632. The molecule has 2 aliphatic carbocycles. The van der Waals surface area contributed by atoms with Gasteiger partial charge >= 0.3 is 12.3 Å². The fourth-order valence-electron chi connectivity index (χ4n) is 4.51. The first-order valence-electron chi connectivity index (χ1n) is 9.00. The van der Waals surface area contributed by atoms with Crippen molar-refractivity contribution in [2.45, 2.75) is 69.9 Å². The van der Waals surface area contributed by atoms with Crippen molar-refractivity contribution in [1.29, 1.82) is 0 Å². The molecule has 0 saturated heterocycles. The van der Waals surface area contributed by atoms with Gasteiger partial charge in [0.2, 0.25) is 0 Å². The highest BCUT2D eigenvalue weighted by Crippen LogP contribution is 2.60. The Morgan fingerprint density at radius 3 is 2.52 bits per heavy atom. The Balaban J connectivity index is 1.59. The largest absolute Gasteiger partial charge is 0.573 e. The molecule has 2 bridgehead atoms. The van der Waals surface area contributed by atoms with Gasteiger partial charge in [-0.05, 0) is 68.6 Å². The Labute approximate surface area is 154 Å². The molecule has 0 spiro atoms. The molecule has 0 aromatic heterocycles. The fourth-order valence-corrected chi connectivity index (χ4v) is 4.51. The summed E-state index contributed by atoms with van der Waals surface area (Å²) >= 11 is 0. The summed E-state index contributed by atoms with van der Waals surface area (Å²) in [7, 11) is 0. The second-order valence-corrected chi connectivity index (χ2v) is 7.70. The van der Waals surface area contributed by atoms with Crippen molar-refractivity contribution < 1.29 is 36.9 Å². The van der Waals surface area contributed by atoms with Crippen molar-refractivity contribution in [1.82, 2.24) is 0 Å². The molecule has 4 nitrogen and oxygen atoms in total. The number of hydrogen-bond acceptors (Lipinski definition) is 3. The molecule has 0 unspecified atom stereocenters. The van der Waals surface area contributed by atoms with Crippen molar-refractivity contribution in [2.24, 2.45) is 5.41 Å². The topological polar surface area (TPSA) is 55.8 Å². The Bertz CT molecular complexity index is 693. The minimum atomic E-state index is -4.83. The third-order valence-corrected chi connectivity index (χ3v) is 5.80. The SMILES string of the molecule is O=C(O)CCCC12CCC(OCc3cc(OC(F)(F)F)ccc3F)(CC1)C2. The molecule has 0 aliphatic heterocycles. The van der Waals surface area contributed by atoms with Crippen LogP contribution in [0.5, 0.6) is 5.75 Å². The van der Waals surface area contributed by atoms with Crippen LogP contribution in [0.15, 0.2) is 18.2 Å². The minimum absolute atomic E-state index is 0.0291. The van der Waals surface area contributed by atoms with E-state index in [-0.39, 0.29) is 24.0 Å². The van der Waals surface area contributed by atoms with E-state index in [1.807, 2.05) is 0 Å². The number of benzene rings is 1. The molecule has 3 rings (SSSR count). The Morgan fingerprint density at radius 2 is 1.89 bits per heavy atom. The highest BCUT2D eigenvalue weighted by Gasteiger charge is 2.54. The van der Waals surface area contributed by atoms with Crippen molar-refractivity contribution in [3.05, 3.63) is 29.6 Å². The quantitative estimate of drug-likeness (QED) is 0.620. The molecule has 0 atom stereocenters. The van der Waals surface area contributed by atoms with E-state index in [0.717, 1.165) is 56.7 Å². The Kier molecular flexibility index (Phi) is 5.38. The lowest BCUT2D eigenvalue weighted by molar-refractivity contribution is -0.274. The maximum absolute atomic E-state index is 14.0. The summed E-state index contributed by atoms with van der Waals surface area (Å²) < 4.78 is 60.8. The van der Waals surface area contributed by atoms with E-state index in [2.05, 4.69) is 4.74 Å². The number of carboxylic acids is 1. The number of carboxylic acid groups (broad SMARTS) is 1. The Hall–Kier alpha value is -1.83. The van der Waals surface area contributed by atoms with Crippen molar-refractivity contribution in [3.8, 4) is 5.75 Å². The smallest absolute Gasteiger partial charge is 0.481 e. The van der Waals surface area contributed by atoms with Gasteiger partial charge in [0.05, 0.1) is 12.2 Å². The summed E-state index contributed by atoms with van der Waals surface area (Å²) in [5.41, 5.74) is -0.285. The first kappa shape index (κ1) is 19.9. The highest BCUT2D eigenvalue weighted by molar-refractivity contribution is 5.66. The molecule has 0 amide bonds. The van der Waals surface area contributed by atoms with E-state index in [1.54, 1.807) is 0 Å². The van der Waals surface area contributed by atoms with Gasteiger partial charge in [-0.3, -0.25) is 4.79 Å². The van der Waals surface area contributed by atoms with E-state index >= 15 is 0 Å². The monoisotopic (exact) mass is 390 g/mol. The molecule has 150 valence electrons. The lowest BCUT2D eigenvalue weighted by Crippen LogP contribution is -2.26. The first-order valence-corrected chi connectivity index (χ1v) is 9.00. The minimum Gasteiger partial charge on any atom is -0.481 e. The second-order valence-electron chi connectivity index (χ2n) is 7.70.